The quantitative estimate of drug-likeness (QED) is 0.526. The van der Waals surface area contributed by atoms with Crippen LogP contribution in [-0.2, 0) is 4.74 Å². The molecular weight excluding hydrogens is 344 g/mol. The number of aryl methyl sites for hydroxylation is 1. The highest BCUT2D eigenvalue weighted by Crippen LogP contribution is 2.23. The second-order valence-electron chi connectivity index (χ2n) is 7.96. The number of rotatable bonds is 5. The number of hydrogen-bond donors (Lipinski definition) is 0. The minimum Gasteiger partial charge on any atom is -0.444 e. The molecule has 144 valence electrons. The number of ether oxygens (including phenoxy) is 1. The molecule has 4 nitrogen and oxygen atoms in total. The molecule has 0 radical (unpaired) electrons. The number of benzene rings is 1. The van der Waals surface area contributed by atoms with E-state index in [2.05, 4.69) is 36.4 Å². The Bertz CT molecular complexity index is 629. The van der Waals surface area contributed by atoms with Crippen LogP contribution in [-0.4, -0.2) is 48.7 Å². The van der Waals surface area contributed by atoms with Crippen LogP contribution in [0.25, 0.3) is 0 Å². The van der Waals surface area contributed by atoms with Crippen molar-refractivity contribution in [1.29, 1.82) is 0 Å². The minimum atomic E-state index is -0.422. The third kappa shape index (κ3) is 6.67. The van der Waals surface area contributed by atoms with Crippen molar-refractivity contribution in [3.63, 3.8) is 0 Å². The van der Waals surface area contributed by atoms with Gasteiger partial charge in [-0.1, -0.05) is 6.07 Å². The summed E-state index contributed by atoms with van der Waals surface area (Å²) in [5, 5.41) is 0. The maximum atomic E-state index is 12.1. The van der Waals surface area contributed by atoms with Crippen LogP contribution in [0.15, 0.2) is 28.1 Å². The molecule has 2 rings (SSSR count). The van der Waals surface area contributed by atoms with Crippen LogP contribution in [0.5, 0.6) is 0 Å². The largest absolute Gasteiger partial charge is 0.444 e. The Morgan fingerprint density at radius 1 is 1.35 bits per heavy atom. The number of carbonyl (C=O) groups is 1. The van der Waals surface area contributed by atoms with Crippen LogP contribution in [0, 0.1) is 12.8 Å². The lowest BCUT2D eigenvalue weighted by Crippen LogP contribution is -2.41. The molecule has 1 aromatic rings. The van der Waals surface area contributed by atoms with E-state index in [0.29, 0.717) is 5.92 Å². The fourth-order valence-corrected chi connectivity index (χ4v) is 3.72. The van der Waals surface area contributed by atoms with Crippen molar-refractivity contribution in [2.24, 2.45) is 10.9 Å². The van der Waals surface area contributed by atoms with E-state index in [0.717, 1.165) is 38.9 Å². The first kappa shape index (κ1) is 20.8. The smallest absolute Gasteiger partial charge is 0.410 e. The van der Waals surface area contributed by atoms with Gasteiger partial charge < -0.3 is 9.64 Å². The van der Waals surface area contributed by atoms with Crippen molar-refractivity contribution in [1.82, 2.24) is 4.90 Å². The lowest BCUT2D eigenvalue weighted by molar-refractivity contribution is 0.0182. The van der Waals surface area contributed by atoms with Gasteiger partial charge >= 0.3 is 6.09 Å². The lowest BCUT2D eigenvalue weighted by Gasteiger charge is -2.33. The van der Waals surface area contributed by atoms with Crippen molar-refractivity contribution in [3.8, 4) is 0 Å². The SMILES string of the molecule is CSc1ccc(C=NCCC2CCN(C(=O)OC(C)(C)C)CC2)cc1C. The zero-order valence-electron chi connectivity index (χ0n) is 16.7. The first-order valence-electron chi connectivity index (χ1n) is 9.41. The van der Waals surface area contributed by atoms with E-state index < -0.39 is 5.60 Å². The van der Waals surface area contributed by atoms with Crippen LogP contribution in [0.4, 0.5) is 4.79 Å². The normalized spacial score (nSPS) is 16.3. The number of amides is 1. The Kier molecular flexibility index (Phi) is 7.56. The predicted octanol–water partition coefficient (Wildman–Crippen LogP) is 5.17. The summed E-state index contributed by atoms with van der Waals surface area (Å²) in [7, 11) is 0. The van der Waals surface area contributed by atoms with Gasteiger partial charge in [-0.25, -0.2) is 4.79 Å². The molecule has 26 heavy (non-hydrogen) atoms. The summed E-state index contributed by atoms with van der Waals surface area (Å²) in [6.07, 6.45) is 7.06. The van der Waals surface area contributed by atoms with Gasteiger partial charge in [-0.05, 0) is 82.4 Å². The number of likely N-dealkylation sites (tertiary alicyclic amines) is 1. The van der Waals surface area contributed by atoms with Crippen molar-refractivity contribution < 1.29 is 9.53 Å². The van der Waals surface area contributed by atoms with Crippen molar-refractivity contribution in [3.05, 3.63) is 29.3 Å². The monoisotopic (exact) mass is 376 g/mol. The molecule has 1 amide bonds. The maximum Gasteiger partial charge on any atom is 0.410 e. The first-order valence-corrected chi connectivity index (χ1v) is 10.6. The second kappa shape index (κ2) is 9.45. The Balaban J connectivity index is 1.72. The topological polar surface area (TPSA) is 41.9 Å². The molecule has 1 fully saturated rings. The molecule has 0 spiro atoms. The van der Waals surface area contributed by atoms with Crippen LogP contribution >= 0.6 is 11.8 Å². The summed E-state index contributed by atoms with van der Waals surface area (Å²) in [5.41, 5.74) is 2.05. The molecule has 0 N–H and O–H groups in total. The Morgan fingerprint density at radius 2 is 2.04 bits per heavy atom. The average molecular weight is 377 g/mol. The number of carbonyl (C=O) groups excluding carboxylic acids is 1. The van der Waals surface area contributed by atoms with E-state index in [1.54, 1.807) is 11.8 Å². The first-order chi connectivity index (χ1) is 12.3. The van der Waals surface area contributed by atoms with E-state index in [4.69, 9.17) is 4.74 Å². The van der Waals surface area contributed by atoms with Crippen molar-refractivity contribution in [2.45, 2.75) is 57.5 Å². The molecule has 1 heterocycles. The summed E-state index contributed by atoms with van der Waals surface area (Å²) in [4.78, 5) is 19.8. The molecule has 1 aliphatic rings. The zero-order valence-corrected chi connectivity index (χ0v) is 17.6. The van der Waals surface area contributed by atoms with E-state index in [-0.39, 0.29) is 6.09 Å². The fourth-order valence-electron chi connectivity index (χ4n) is 3.14. The predicted molar refractivity (Wildman–Crippen MR) is 111 cm³/mol. The van der Waals surface area contributed by atoms with E-state index in [1.807, 2.05) is 31.9 Å². The molecule has 5 heteroatoms. The molecule has 0 unspecified atom stereocenters. The fraction of sp³-hybridized carbons (Fsp3) is 0.619. The van der Waals surface area contributed by atoms with Gasteiger partial charge in [0.05, 0.1) is 0 Å². The Labute approximate surface area is 162 Å². The number of piperidine rings is 1. The average Bonchev–Trinajstić information content (AvgIpc) is 2.58. The van der Waals surface area contributed by atoms with Crippen molar-refractivity contribution in [2.75, 3.05) is 25.9 Å². The number of nitrogens with zero attached hydrogens (tertiary/aromatic N) is 2. The van der Waals surface area contributed by atoms with Gasteiger partial charge in [0.25, 0.3) is 0 Å². The molecule has 0 aromatic heterocycles. The van der Waals surface area contributed by atoms with Gasteiger partial charge in [0.2, 0.25) is 0 Å². The molecule has 0 saturated carbocycles. The molecule has 0 aliphatic carbocycles. The molecule has 1 aliphatic heterocycles. The van der Waals surface area contributed by atoms with Gasteiger partial charge in [-0.15, -0.1) is 11.8 Å². The van der Waals surface area contributed by atoms with E-state index in [9.17, 15) is 4.79 Å². The Hall–Kier alpha value is -1.49. The van der Waals surface area contributed by atoms with Crippen LogP contribution < -0.4 is 0 Å². The van der Waals surface area contributed by atoms with Gasteiger partial charge in [0.1, 0.15) is 5.60 Å². The Morgan fingerprint density at radius 3 is 2.62 bits per heavy atom. The van der Waals surface area contributed by atoms with E-state index >= 15 is 0 Å². The molecular formula is C21H32N2O2S. The third-order valence-corrected chi connectivity index (χ3v) is 5.49. The van der Waals surface area contributed by atoms with Gasteiger partial charge in [0, 0.05) is 30.7 Å². The van der Waals surface area contributed by atoms with Crippen molar-refractivity contribution >= 4 is 24.1 Å². The number of thioether (sulfide) groups is 1. The molecule has 0 bridgehead atoms. The lowest BCUT2D eigenvalue weighted by atomic mass is 9.94. The second-order valence-corrected chi connectivity index (χ2v) is 8.81. The van der Waals surface area contributed by atoms with Gasteiger partial charge in [0.15, 0.2) is 0 Å². The van der Waals surface area contributed by atoms with Crippen LogP contribution in [0.1, 0.15) is 51.2 Å². The van der Waals surface area contributed by atoms with Crippen LogP contribution in [0.3, 0.4) is 0 Å². The number of aliphatic imine (C=N–C) groups is 1. The molecule has 0 atom stereocenters. The zero-order chi connectivity index (χ0) is 19.2. The highest BCUT2D eigenvalue weighted by atomic mass is 32.2. The summed E-state index contributed by atoms with van der Waals surface area (Å²) < 4.78 is 5.45. The minimum absolute atomic E-state index is 0.182. The molecule has 1 saturated heterocycles. The van der Waals surface area contributed by atoms with Crippen LogP contribution in [0.2, 0.25) is 0 Å². The summed E-state index contributed by atoms with van der Waals surface area (Å²) in [5.74, 6) is 0.645. The number of hydrogen-bond acceptors (Lipinski definition) is 4. The summed E-state index contributed by atoms with van der Waals surface area (Å²) in [6, 6.07) is 6.48. The summed E-state index contributed by atoms with van der Waals surface area (Å²) in [6.45, 7) is 10.3. The van der Waals surface area contributed by atoms with Gasteiger partial charge in [-0.2, -0.15) is 0 Å². The summed E-state index contributed by atoms with van der Waals surface area (Å²) >= 11 is 1.77. The highest BCUT2D eigenvalue weighted by molar-refractivity contribution is 7.98. The standard InChI is InChI=1S/C21H32N2O2S/c1-16-14-18(6-7-19(16)26-5)15-22-11-8-17-9-12-23(13-10-17)20(24)25-21(2,3)4/h6-7,14-15,17H,8-13H2,1-5H3. The van der Waals surface area contributed by atoms with Gasteiger partial charge in [-0.3, -0.25) is 4.99 Å². The van der Waals surface area contributed by atoms with E-state index in [1.165, 1.54) is 16.0 Å². The molecule has 1 aromatic carbocycles. The maximum absolute atomic E-state index is 12.1. The highest BCUT2D eigenvalue weighted by Gasteiger charge is 2.26. The third-order valence-electron chi connectivity index (χ3n) is 4.59.